The zero-order valence-electron chi connectivity index (χ0n) is 19.0. The van der Waals surface area contributed by atoms with E-state index in [0.717, 1.165) is 47.8 Å². The van der Waals surface area contributed by atoms with Crippen molar-refractivity contribution in [3.05, 3.63) is 46.8 Å². The van der Waals surface area contributed by atoms with E-state index in [0.29, 0.717) is 5.56 Å². The molecule has 0 bridgehead atoms. The van der Waals surface area contributed by atoms with Crippen molar-refractivity contribution in [2.45, 2.75) is 46.0 Å². The smallest absolute Gasteiger partial charge is 0.138 e. The maximum Gasteiger partial charge on any atom is 0.138 e. The second-order valence-electron chi connectivity index (χ2n) is 9.52. The van der Waals surface area contributed by atoms with Gasteiger partial charge in [-0.3, -0.25) is 0 Å². The van der Waals surface area contributed by atoms with Gasteiger partial charge in [0.1, 0.15) is 11.6 Å². The number of anilines is 1. The van der Waals surface area contributed by atoms with E-state index >= 15 is 0 Å². The Morgan fingerprint density at radius 1 is 1.06 bits per heavy atom. The van der Waals surface area contributed by atoms with Gasteiger partial charge in [-0.1, -0.05) is 0 Å². The summed E-state index contributed by atoms with van der Waals surface area (Å²) in [6.07, 6.45) is 6.44. The number of nitrogens with one attached hydrogen (secondary N) is 1. The van der Waals surface area contributed by atoms with Gasteiger partial charge in [0.05, 0.1) is 11.0 Å². The van der Waals surface area contributed by atoms with Crippen molar-refractivity contribution < 1.29 is 4.39 Å². The number of fused-ring (bicyclic) bond motifs is 2. The number of hydrogen-bond donors (Lipinski definition) is 1. The highest BCUT2D eigenvalue weighted by atomic mass is 19.1. The lowest BCUT2D eigenvalue weighted by atomic mass is 9.92. The van der Waals surface area contributed by atoms with Gasteiger partial charge in [-0.2, -0.15) is 0 Å². The zero-order valence-corrected chi connectivity index (χ0v) is 19.0. The molecule has 3 aromatic rings. The summed E-state index contributed by atoms with van der Waals surface area (Å²) < 4.78 is 13.9. The molecule has 31 heavy (non-hydrogen) atoms. The van der Waals surface area contributed by atoms with Crippen LogP contribution in [0.4, 0.5) is 10.1 Å². The number of piperidine rings is 1. The lowest BCUT2D eigenvalue weighted by Gasteiger charge is -2.29. The van der Waals surface area contributed by atoms with E-state index in [1.54, 1.807) is 13.0 Å². The van der Waals surface area contributed by atoms with Gasteiger partial charge < -0.3 is 14.8 Å². The summed E-state index contributed by atoms with van der Waals surface area (Å²) in [5, 5.41) is 0. The fourth-order valence-electron chi connectivity index (χ4n) is 5.45. The summed E-state index contributed by atoms with van der Waals surface area (Å²) in [6, 6.07) is 7.75. The predicted molar refractivity (Wildman–Crippen MR) is 126 cm³/mol. The van der Waals surface area contributed by atoms with Crippen molar-refractivity contribution in [3.8, 4) is 11.4 Å². The molecule has 164 valence electrons. The number of likely N-dealkylation sites (tertiary alicyclic amines) is 1. The van der Waals surface area contributed by atoms with Gasteiger partial charge in [0, 0.05) is 29.9 Å². The number of imidazole rings is 1. The van der Waals surface area contributed by atoms with Crippen LogP contribution in [0, 0.1) is 25.6 Å². The highest BCUT2D eigenvalue weighted by Crippen LogP contribution is 2.36. The molecule has 2 aliphatic rings. The summed E-state index contributed by atoms with van der Waals surface area (Å²) in [5.74, 6) is 1.54. The summed E-state index contributed by atoms with van der Waals surface area (Å²) in [7, 11) is 2.23. The van der Waals surface area contributed by atoms with Gasteiger partial charge in [-0.25, -0.2) is 9.37 Å². The molecule has 0 aliphatic carbocycles. The van der Waals surface area contributed by atoms with E-state index in [4.69, 9.17) is 4.98 Å². The number of aromatic nitrogens is 2. The van der Waals surface area contributed by atoms with Crippen LogP contribution in [0.15, 0.2) is 24.3 Å². The van der Waals surface area contributed by atoms with Crippen LogP contribution in [0.5, 0.6) is 0 Å². The van der Waals surface area contributed by atoms with Crippen LogP contribution in [-0.4, -0.2) is 48.1 Å². The molecule has 0 spiro atoms. The number of aromatic amines is 1. The number of hydrogen-bond acceptors (Lipinski definition) is 3. The topological polar surface area (TPSA) is 35.2 Å². The molecule has 5 rings (SSSR count). The van der Waals surface area contributed by atoms with E-state index in [1.807, 2.05) is 0 Å². The summed E-state index contributed by atoms with van der Waals surface area (Å²) in [5.41, 5.74) is 7.49. The first-order chi connectivity index (χ1) is 15.0. The molecule has 0 unspecified atom stereocenters. The first-order valence-corrected chi connectivity index (χ1v) is 11.7. The predicted octanol–water partition coefficient (Wildman–Crippen LogP) is 5.47. The van der Waals surface area contributed by atoms with Crippen LogP contribution in [0.1, 0.15) is 42.4 Å². The first-order valence-electron chi connectivity index (χ1n) is 11.7. The van der Waals surface area contributed by atoms with E-state index in [9.17, 15) is 4.39 Å². The second-order valence-corrected chi connectivity index (χ2v) is 9.52. The molecule has 3 heterocycles. The number of benzene rings is 2. The van der Waals surface area contributed by atoms with Gasteiger partial charge in [0.25, 0.3) is 0 Å². The molecule has 1 N–H and O–H groups in total. The minimum absolute atomic E-state index is 0.202. The molecule has 2 aromatic carbocycles. The zero-order chi connectivity index (χ0) is 21.5. The molecule has 2 aliphatic heterocycles. The fourth-order valence-corrected chi connectivity index (χ4v) is 5.45. The Hall–Kier alpha value is -2.40. The number of halogens is 1. The van der Waals surface area contributed by atoms with Crippen LogP contribution in [0.25, 0.3) is 22.4 Å². The molecule has 0 atom stereocenters. The molecule has 5 heteroatoms. The maximum absolute atomic E-state index is 13.9. The van der Waals surface area contributed by atoms with Crippen LogP contribution in [0.3, 0.4) is 0 Å². The summed E-state index contributed by atoms with van der Waals surface area (Å²) in [4.78, 5) is 13.2. The Bertz CT molecular complexity index is 1090. The largest absolute Gasteiger partial charge is 0.371 e. The third kappa shape index (κ3) is 3.84. The average molecular weight is 421 g/mol. The monoisotopic (exact) mass is 420 g/mol. The minimum atomic E-state index is -0.202. The van der Waals surface area contributed by atoms with Gasteiger partial charge >= 0.3 is 0 Å². The Labute approximate surface area is 184 Å². The highest BCUT2D eigenvalue weighted by molar-refractivity contribution is 5.83. The van der Waals surface area contributed by atoms with Crippen molar-refractivity contribution in [2.75, 3.05) is 38.1 Å². The summed E-state index contributed by atoms with van der Waals surface area (Å²) in [6.45, 7) is 8.77. The lowest BCUT2D eigenvalue weighted by molar-refractivity contribution is 0.211. The molecular formula is C26H33FN4. The molecular weight excluding hydrogens is 387 g/mol. The number of rotatable bonds is 5. The molecule has 0 amide bonds. The van der Waals surface area contributed by atoms with Crippen molar-refractivity contribution in [1.82, 2.24) is 14.9 Å². The SMILES string of the molecule is Cc1c(-c2nc3c(C)c(F)ccc3[nH]2)ccc2c1CCN2CCCC1CCN(C)CC1. The maximum atomic E-state index is 13.9. The normalized spacial score (nSPS) is 17.6. The number of aryl methyl sites for hydroxylation is 1. The van der Waals surface area contributed by atoms with Crippen LogP contribution in [0.2, 0.25) is 0 Å². The standard InChI is InChI=1S/C26H33FN4/c1-17-20-12-16-31(13-4-5-19-10-14-30(3)15-11-19)24(20)9-6-21(17)26-28-23-8-7-22(27)18(2)25(23)29-26/h6-9,19H,4-5,10-16H2,1-3H3,(H,28,29). The third-order valence-electron chi connectivity index (χ3n) is 7.52. The van der Waals surface area contributed by atoms with Gasteiger partial charge in [-0.15, -0.1) is 0 Å². The molecule has 1 fully saturated rings. The Kier molecular flexibility index (Phi) is 5.47. The van der Waals surface area contributed by atoms with Crippen LogP contribution >= 0.6 is 0 Å². The van der Waals surface area contributed by atoms with Gasteiger partial charge in [-0.05, 0) is 107 Å². The Balaban J connectivity index is 1.31. The van der Waals surface area contributed by atoms with Crippen molar-refractivity contribution >= 4 is 16.7 Å². The van der Waals surface area contributed by atoms with E-state index in [1.165, 1.54) is 61.7 Å². The van der Waals surface area contributed by atoms with Gasteiger partial charge in [0.2, 0.25) is 0 Å². The van der Waals surface area contributed by atoms with Gasteiger partial charge in [0.15, 0.2) is 0 Å². The second kappa shape index (κ2) is 8.27. The molecule has 1 aromatic heterocycles. The van der Waals surface area contributed by atoms with E-state index in [2.05, 4.69) is 40.9 Å². The number of nitrogens with zero attached hydrogens (tertiary/aromatic N) is 3. The molecule has 0 radical (unpaired) electrons. The van der Waals surface area contributed by atoms with Crippen molar-refractivity contribution in [1.29, 1.82) is 0 Å². The third-order valence-corrected chi connectivity index (χ3v) is 7.52. The Morgan fingerprint density at radius 3 is 2.68 bits per heavy atom. The molecule has 4 nitrogen and oxygen atoms in total. The van der Waals surface area contributed by atoms with Crippen molar-refractivity contribution in [2.24, 2.45) is 5.92 Å². The van der Waals surface area contributed by atoms with E-state index in [-0.39, 0.29) is 5.82 Å². The van der Waals surface area contributed by atoms with Crippen LogP contribution < -0.4 is 4.90 Å². The lowest BCUT2D eigenvalue weighted by Crippen LogP contribution is -2.30. The highest BCUT2D eigenvalue weighted by Gasteiger charge is 2.24. The van der Waals surface area contributed by atoms with Crippen molar-refractivity contribution in [3.63, 3.8) is 0 Å². The van der Waals surface area contributed by atoms with E-state index < -0.39 is 0 Å². The Morgan fingerprint density at radius 2 is 1.87 bits per heavy atom. The summed E-state index contributed by atoms with van der Waals surface area (Å²) >= 11 is 0. The molecule has 1 saturated heterocycles. The van der Waals surface area contributed by atoms with Crippen LogP contribution in [-0.2, 0) is 6.42 Å². The molecule has 0 saturated carbocycles. The fraction of sp³-hybridized carbons (Fsp3) is 0.500. The average Bonchev–Trinajstić information content (AvgIpc) is 3.38. The number of H-pyrrole nitrogens is 1. The quantitative estimate of drug-likeness (QED) is 0.594. The minimum Gasteiger partial charge on any atom is -0.371 e. The first kappa shape index (κ1) is 20.5.